The Balaban J connectivity index is 1.65. The van der Waals surface area contributed by atoms with Gasteiger partial charge in [0, 0.05) is 23.2 Å². The molecule has 1 N–H and O–H groups in total. The lowest BCUT2D eigenvalue weighted by Crippen LogP contribution is -2.09. The van der Waals surface area contributed by atoms with Crippen LogP contribution in [-0.4, -0.2) is 37.0 Å². The zero-order valence-electron chi connectivity index (χ0n) is 16.2. The number of pyridine rings is 1. The first kappa shape index (κ1) is 20.5. The number of anilines is 1. The zero-order valence-corrected chi connectivity index (χ0v) is 16.2. The van der Waals surface area contributed by atoms with Crippen molar-refractivity contribution in [1.29, 1.82) is 0 Å². The van der Waals surface area contributed by atoms with Gasteiger partial charge in [-0.2, -0.15) is 0 Å². The summed E-state index contributed by atoms with van der Waals surface area (Å²) in [5, 5.41) is 3.44. The lowest BCUT2D eigenvalue weighted by molar-refractivity contribution is -0.112. The molecule has 8 heteroatoms. The average Bonchev–Trinajstić information content (AvgIpc) is 2.77. The van der Waals surface area contributed by atoms with Crippen LogP contribution in [-0.2, 0) is 14.3 Å². The van der Waals surface area contributed by atoms with Crippen molar-refractivity contribution in [2.24, 2.45) is 0 Å². The van der Waals surface area contributed by atoms with Crippen molar-refractivity contribution in [3.8, 4) is 5.88 Å². The minimum atomic E-state index is -0.497. The molecule has 0 saturated heterocycles. The Morgan fingerprint density at radius 1 is 0.900 bits per heavy atom. The smallest absolute Gasteiger partial charge is 0.337 e. The van der Waals surface area contributed by atoms with Gasteiger partial charge in [0.05, 0.1) is 37.1 Å². The van der Waals surface area contributed by atoms with Crippen molar-refractivity contribution in [3.63, 3.8) is 0 Å². The lowest BCUT2D eigenvalue weighted by Gasteiger charge is -2.05. The monoisotopic (exact) mass is 406 g/mol. The highest BCUT2D eigenvalue weighted by Gasteiger charge is 2.08. The van der Waals surface area contributed by atoms with Crippen LogP contribution in [0.2, 0.25) is 0 Å². The Kier molecular flexibility index (Phi) is 6.39. The van der Waals surface area contributed by atoms with Gasteiger partial charge < -0.3 is 19.5 Å². The number of amides is 1. The lowest BCUT2D eigenvalue weighted by atomic mass is 10.1. The van der Waals surface area contributed by atoms with E-state index in [0.717, 1.165) is 5.39 Å². The number of esters is 2. The van der Waals surface area contributed by atoms with Crippen molar-refractivity contribution < 1.29 is 28.6 Å². The maximum atomic E-state index is 12.1. The quantitative estimate of drug-likeness (QED) is 0.380. The fourth-order valence-corrected chi connectivity index (χ4v) is 2.60. The molecule has 152 valence electrons. The van der Waals surface area contributed by atoms with E-state index in [1.165, 1.54) is 32.6 Å². The van der Waals surface area contributed by atoms with E-state index in [1.54, 1.807) is 48.5 Å². The van der Waals surface area contributed by atoms with Gasteiger partial charge in [0.15, 0.2) is 0 Å². The van der Waals surface area contributed by atoms with E-state index in [2.05, 4.69) is 15.0 Å². The van der Waals surface area contributed by atoms with Gasteiger partial charge in [-0.05, 0) is 36.4 Å². The van der Waals surface area contributed by atoms with Crippen molar-refractivity contribution in [2.75, 3.05) is 19.5 Å². The predicted octanol–water partition coefficient (Wildman–Crippen LogP) is 3.34. The molecule has 0 bridgehead atoms. The van der Waals surface area contributed by atoms with E-state index in [0.29, 0.717) is 22.3 Å². The normalized spacial score (nSPS) is 10.6. The fourth-order valence-electron chi connectivity index (χ4n) is 2.60. The highest BCUT2D eigenvalue weighted by molar-refractivity contribution is 6.00. The van der Waals surface area contributed by atoms with Crippen molar-refractivity contribution in [1.82, 2.24) is 4.98 Å². The third-order valence-electron chi connectivity index (χ3n) is 4.05. The number of carbonyl (C=O) groups is 3. The second-order valence-corrected chi connectivity index (χ2v) is 6.03. The molecule has 2 aromatic carbocycles. The number of methoxy groups -OCH3 is 2. The van der Waals surface area contributed by atoms with Crippen LogP contribution in [0, 0.1) is 0 Å². The molecule has 1 aromatic heterocycles. The predicted molar refractivity (Wildman–Crippen MR) is 109 cm³/mol. The van der Waals surface area contributed by atoms with Crippen LogP contribution < -0.4 is 10.1 Å². The number of nitrogens with one attached hydrogen (secondary N) is 1. The Hall–Kier alpha value is -4.20. The number of benzene rings is 2. The Labute approximate surface area is 172 Å². The summed E-state index contributed by atoms with van der Waals surface area (Å²) in [5.74, 6) is -1.16. The summed E-state index contributed by atoms with van der Waals surface area (Å²) >= 11 is 0. The number of aromatic nitrogens is 1. The molecule has 0 aliphatic rings. The number of hydrogen-bond donors (Lipinski definition) is 1. The number of ether oxygens (including phenoxy) is 3. The maximum Gasteiger partial charge on any atom is 0.337 e. The van der Waals surface area contributed by atoms with Gasteiger partial charge in [-0.15, -0.1) is 0 Å². The van der Waals surface area contributed by atoms with Crippen LogP contribution in [0.5, 0.6) is 5.88 Å². The first-order valence-electron chi connectivity index (χ1n) is 8.82. The molecule has 0 saturated carbocycles. The summed E-state index contributed by atoms with van der Waals surface area (Å²) < 4.78 is 14.7. The molecule has 0 aliphatic heterocycles. The van der Waals surface area contributed by atoms with Gasteiger partial charge in [-0.3, -0.25) is 4.79 Å². The van der Waals surface area contributed by atoms with Gasteiger partial charge in [0.2, 0.25) is 5.88 Å². The summed E-state index contributed by atoms with van der Waals surface area (Å²) in [6.07, 6.45) is 2.37. The summed E-state index contributed by atoms with van der Waals surface area (Å²) in [7, 11) is 2.59. The first-order chi connectivity index (χ1) is 14.5. The van der Waals surface area contributed by atoms with E-state index in [-0.39, 0.29) is 5.88 Å². The molecule has 30 heavy (non-hydrogen) atoms. The van der Waals surface area contributed by atoms with Gasteiger partial charge in [-0.25, -0.2) is 14.6 Å². The standard InChI is InChI=1S/C22H18N2O6/c1-28-21(26)15-4-3-5-17(12-15)23-19(25)10-11-30-20-9-8-14-6-7-16(22(27)29-2)13-18(14)24-20/h3-13H,1-2H3,(H,23,25)/b11-10-. The Bertz CT molecular complexity index is 1140. The third-order valence-corrected chi connectivity index (χ3v) is 4.05. The topological polar surface area (TPSA) is 104 Å². The minimum Gasteiger partial charge on any atom is -0.465 e. The number of hydrogen-bond acceptors (Lipinski definition) is 7. The molecule has 0 aliphatic carbocycles. The molecular weight excluding hydrogens is 388 g/mol. The Morgan fingerprint density at radius 3 is 2.33 bits per heavy atom. The van der Waals surface area contributed by atoms with Gasteiger partial charge in [0.25, 0.3) is 5.91 Å². The molecule has 0 radical (unpaired) electrons. The molecule has 0 spiro atoms. The fraction of sp³-hybridized carbons (Fsp3) is 0.0909. The van der Waals surface area contributed by atoms with E-state index in [9.17, 15) is 14.4 Å². The highest BCUT2D eigenvalue weighted by Crippen LogP contribution is 2.19. The SMILES string of the molecule is COC(=O)c1cccc(NC(=O)/C=C\Oc2ccc3ccc(C(=O)OC)cc3n2)c1. The third kappa shape index (κ3) is 4.99. The van der Waals surface area contributed by atoms with E-state index in [1.807, 2.05) is 0 Å². The molecule has 0 fully saturated rings. The summed E-state index contributed by atoms with van der Waals surface area (Å²) in [5.41, 5.74) is 1.68. The molecule has 8 nitrogen and oxygen atoms in total. The second-order valence-electron chi connectivity index (χ2n) is 6.03. The minimum absolute atomic E-state index is 0.251. The number of carbonyl (C=O) groups excluding carboxylic acids is 3. The number of nitrogens with zero attached hydrogens (tertiary/aromatic N) is 1. The van der Waals surface area contributed by atoms with Crippen LogP contribution in [0.25, 0.3) is 10.9 Å². The number of rotatable bonds is 6. The largest absolute Gasteiger partial charge is 0.465 e. The van der Waals surface area contributed by atoms with Gasteiger partial charge in [0.1, 0.15) is 0 Å². The van der Waals surface area contributed by atoms with E-state index >= 15 is 0 Å². The molecular formula is C22H18N2O6. The van der Waals surface area contributed by atoms with Crippen LogP contribution in [0.3, 0.4) is 0 Å². The molecule has 0 unspecified atom stereocenters. The van der Waals surface area contributed by atoms with E-state index < -0.39 is 17.8 Å². The number of fused-ring (bicyclic) bond motifs is 1. The van der Waals surface area contributed by atoms with Crippen molar-refractivity contribution in [2.45, 2.75) is 0 Å². The van der Waals surface area contributed by atoms with Crippen LogP contribution >= 0.6 is 0 Å². The molecule has 3 aromatic rings. The first-order valence-corrected chi connectivity index (χ1v) is 8.82. The van der Waals surface area contributed by atoms with Crippen LogP contribution in [0.4, 0.5) is 5.69 Å². The molecule has 3 rings (SSSR count). The van der Waals surface area contributed by atoms with E-state index in [4.69, 9.17) is 9.47 Å². The second kappa shape index (κ2) is 9.33. The van der Waals surface area contributed by atoms with Gasteiger partial charge >= 0.3 is 11.9 Å². The maximum absolute atomic E-state index is 12.1. The Morgan fingerprint density at radius 2 is 1.60 bits per heavy atom. The summed E-state index contributed by atoms with van der Waals surface area (Å²) in [6, 6.07) is 14.8. The zero-order chi connectivity index (χ0) is 21.5. The molecule has 0 atom stereocenters. The average molecular weight is 406 g/mol. The van der Waals surface area contributed by atoms with Crippen LogP contribution in [0.1, 0.15) is 20.7 Å². The highest BCUT2D eigenvalue weighted by atomic mass is 16.5. The summed E-state index contributed by atoms with van der Waals surface area (Å²) in [4.78, 5) is 39.6. The van der Waals surface area contributed by atoms with Crippen LogP contribution in [0.15, 0.2) is 66.9 Å². The van der Waals surface area contributed by atoms with Crippen molar-refractivity contribution in [3.05, 3.63) is 78.1 Å². The van der Waals surface area contributed by atoms with Gasteiger partial charge in [-0.1, -0.05) is 12.1 Å². The van der Waals surface area contributed by atoms with Crippen molar-refractivity contribution >= 4 is 34.4 Å². The molecule has 1 amide bonds. The molecule has 1 heterocycles. The summed E-state index contributed by atoms with van der Waals surface area (Å²) in [6.45, 7) is 0.